The molecule has 0 radical (unpaired) electrons. The minimum Gasteiger partial charge on any atom is -0.414 e. The average Bonchev–Trinajstić information content (AvgIpc) is 2.24. The molecule has 0 fully saturated rings. The maximum Gasteiger partial charge on any atom is 0.192 e. The molecule has 1 N–H and O–H groups in total. The molecule has 18 heavy (non-hydrogen) atoms. The Labute approximate surface area is 112 Å². The molecule has 0 rings (SSSR count). The van der Waals surface area contributed by atoms with Gasteiger partial charge < -0.3 is 9.53 Å². The first-order valence-corrected chi connectivity index (χ1v) is 9.54. The molecule has 0 aliphatic carbocycles. The van der Waals surface area contributed by atoms with Crippen LogP contribution in [0.4, 0.5) is 0 Å². The molecule has 106 valence electrons. The molecule has 0 aliphatic heterocycles. The standard InChI is InChI=1S/C14H28O3Si/c1-14(2,3)18(4,5)17-12-13(16)10-8-6-7-9-11-15/h7,9,11,13,16H,6,8,10,12H2,1-5H3/b9-7+. The first kappa shape index (κ1) is 17.5. The van der Waals surface area contributed by atoms with Gasteiger partial charge in [0.05, 0.1) is 12.7 Å². The van der Waals surface area contributed by atoms with E-state index in [4.69, 9.17) is 4.43 Å². The third-order valence-corrected chi connectivity index (χ3v) is 8.07. The Morgan fingerprint density at radius 2 is 1.94 bits per heavy atom. The lowest BCUT2D eigenvalue weighted by molar-refractivity contribution is -0.104. The Bertz CT molecular complexity index is 267. The molecule has 1 unspecified atom stereocenters. The SMILES string of the molecule is CC(C)(C)[Si](C)(C)OCC(O)CCC/C=C/C=O. The lowest BCUT2D eigenvalue weighted by Gasteiger charge is -2.36. The van der Waals surface area contributed by atoms with Gasteiger partial charge in [-0.15, -0.1) is 0 Å². The van der Waals surface area contributed by atoms with E-state index in [1.807, 2.05) is 6.08 Å². The van der Waals surface area contributed by atoms with Crippen molar-refractivity contribution < 1.29 is 14.3 Å². The third-order valence-electron chi connectivity index (χ3n) is 3.57. The van der Waals surface area contributed by atoms with Gasteiger partial charge in [-0.05, 0) is 43.5 Å². The van der Waals surface area contributed by atoms with Crippen LogP contribution in [0.5, 0.6) is 0 Å². The monoisotopic (exact) mass is 272 g/mol. The molecule has 0 aliphatic rings. The van der Waals surface area contributed by atoms with Crippen molar-refractivity contribution >= 4 is 14.6 Å². The van der Waals surface area contributed by atoms with E-state index in [-0.39, 0.29) is 5.04 Å². The zero-order valence-electron chi connectivity index (χ0n) is 12.4. The molecule has 0 amide bonds. The molecule has 0 saturated carbocycles. The fourth-order valence-electron chi connectivity index (χ4n) is 1.23. The number of hydrogen-bond acceptors (Lipinski definition) is 3. The molecule has 3 nitrogen and oxygen atoms in total. The van der Waals surface area contributed by atoms with Crippen LogP contribution in [-0.4, -0.2) is 32.4 Å². The summed E-state index contributed by atoms with van der Waals surface area (Å²) in [7, 11) is -1.75. The van der Waals surface area contributed by atoms with Crippen molar-refractivity contribution in [3.8, 4) is 0 Å². The smallest absolute Gasteiger partial charge is 0.192 e. The van der Waals surface area contributed by atoms with Gasteiger partial charge in [-0.2, -0.15) is 0 Å². The fourth-order valence-corrected chi connectivity index (χ4v) is 2.27. The summed E-state index contributed by atoms with van der Waals surface area (Å²) in [5.41, 5.74) is 0. The summed E-state index contributed by atoms with van der Waals surface area (Å²) >= 11 is 0. The fraction of sp³-hybridized carbons (Fsp3) is 0.786. The number of aliphatic hydroxyl groups excluding tert-OH is 1. The number of unbranched alkanes of at least 4 members (excludes halogenated alkanes) is 1. The van der Waals surface area contributed by atoms with Crippen LogP contribution in [-0.2, 0) is 9.22 Å². The highest BCUT2D eigenvalue weighted by Crippen LogP contribution is 2.36. The Morgan fingerprint density at radius 3 is 2.44 bits per heavy atom. The summed E-state index contributed by atoms with van der Waals surface area (Å²) in [4.78, 5) is 10.1. The van der Waals surface area contributed by atoms with E-state index >= 15 is 0 Å². The topological polar surface area (TPSA) is 46.5 Å². The Hall–Kier alpha value is -0.453. The molecule has 4 heteroatoms. The summed E-state index contributed by atoms with van der Waals surface area (Å²) in [5, 5.41) is 10.0. The number of aldehydes is 1. The summed E-state index contributed by atoms with van der Waals surface area (Å²) in [6.45, 7) is 11.4. The van der Waals surface area contributed by atoms with Gasteiger partial charge in [0, 0.05) is 0 Å². The maximum absolute atomic E-state index is 10.1. The van der Waals surface area contributed by atoms with Crippen LogP contribution in [0.15, 0.2) is 12.2 Å². The van der Waals surface area contributed by atoms with E-state index in [9.17, 15) is 9.90 Å². The molecular weight excluding hydrogens is 244 g/mol. The van der Waals surface area contributed by atoms with Crippen LogP contribution in [0.25, 0.3) is 0 Å². The molecule has 0 aromatic rings. The van der Waals surface area contributed by atoms with Crippen molar-refractivity contribution in [2.24, 2.45) is 0 Å². The number of carbonyl (C=O) groups is 1. The van der Waals surface area contributed by atoms with Gasteiger partial charge in [0.1, 0.15) is 6.29 Å². The number of aliphatic hydroxyl groups is 1. The molecule has 0 heterocycles. The number of carbonyl (C=O) groups excluding carboxylic acids is 1. The van der Waals surface area contributed by atoms with Crippen molar-refractivity contribution in [3.05, 3.63) is 12.2 Å². The molecular formula is C14H28O3Si. The van der Waals surface area contributed by atoms with Crippen LogP contribution in [0, 0.1) is 0 Å². The average molecular weight is 272 g/mol. The third kappa shape index (κ3) is 7.09. The predicted octanol–water partition coefficient (Wildman–Crippen LogP) is 3.29. The lowest BCUT2D eigenvalue weighted by Crippen LogP contribution is -2.42. The van der Waals surface area contributed by atoms with Crippen LogP contribution in [0.2, 0.25) is 18.1 Å². The van der Waals surface area contributed by atoms with E-state index in [0.29, 0.717) is 6.61 Å². The predicted molar refractivity (Wildman–Crippen MR) is 78.2 cm³/mol. The van der Waals surface area contributed by atoms with Gasteiger partial charge in [0.2, 0.25) is 0 Å². The van der Waals surface area contributed by atoms with Crippen LogP contribution in [0.3, 0.4) is 0 Å². The van der Waals surface area contributed by atoms with Crippen LogP contribution < -0.4 is 0 Å². The lowest BCUT2D eigenvalue weighted by atomic mass is 10.1. The van der Waals surface area contributed by atoms with Crippen molar-refractivity contribution in [2.45, 2.75) is 64.3 Å². The highest BCUT2D eigenvalue weighted by Gasteiger charge is 2.37. The Kier molecular flexibility index (Phi) is 7.67. The van der Waals surface area contributed by atoms with Gasteiger partial charge in [-0.1, -0.05) is 26.8 Å². The second-order valence-electron chi connectivity index (χ2n) is 6.22. The Morgan fingerprint density at radius 1 is 1.33 bits per heavy atom. The van der Waals surface area contributed by atoms with Crippen molar-refractivity contribution in [1.82, 2.24) is 0 Å². The first-order chi connectivity index (χ1) is 8.20. The van der Waals surface area contributed by atoms with E-state index in [2.05, 4.69) is 33.9 Å². The maximum atomic E-state index is 10.1. The zero-order valence-corrected chi connectivity index (χ0v) is 13.4. The van der Waals surface area contributed by atoms with Crippen molar-refractivity contribution in [3.63, 3.8) is 0 Å². The normalized spacial score (nSPS) is 15.0. The quantitative estimate of drug-likeness (QED) is 0.319. The number of rotatable bonds is 8. The highest BCUT2D eigenvalue weighted by molar-refractivity contribution is 6.74. The van der Waals surface area contributed by atoms with E-state index in [1.165, 1.54) is 6.08 Å². The molecule has 0 aromatic carbocycles. The summed E-state index contributed by atoms with van der Waals surface area (Å²) in [6.07, 6.45) is 6.13. The number of allylic oxidation sites excluding steroid dienone is 2. The highest BCUT2D eigenvalue weighted by atomic mass is 28.4. The zero-order chi connectivity index (χ0) is 14.2. The van der Waals surface area contributed by atoms with Crippen LogP contribution in [0.1, 0.15) is 40.0 Å². The minimum absolute atomic E-state index is 0.180. The second kappa shape index (κ2) is 7.87. The van der Waals surface area contributed by atoms with Crippen LogP contribution >= 0.6 is 0 Å². The molecule has 0 aromatic heterocycles. The summed E-state index contributed by atoms with van der Waals surface area (Å²) in [5.74, 6) is 0. The molecule has 0 spiro atoms. The van der Waals surface area contributed by atoms with E-state index in [1.54, 1.807) is 0 Å². The molecule has 1 atom stereocenters. The minimum atomic E-state index is -1.75. The van der Waals surface area contributed by atoms with E-state index < -0.39 is 14.4 Å². The number of hydrogen-bond donors (Lipinski definition) is 1. The largest absolute Gasteiger partial charge is 0.414 e. The van der Waals surface area contributed by atoms with Gasteiger partial charge >= 0.3 is 0 Å². The van der Waals surface area contributed by atoms with Gasteiger partial charge in [0.25, 0.3) is 0 Å². The van der Waals surface area contributed by atoms with E-state index in [0.717, 1.165) is 25.5 Å². The Balaban J connectivity index is 3.86. The van der Waals surface area contributed by atoms with Crippen molar-refractivity contribution in [2.75, 3.05) is 6.61 Å². The first-order valence-electron chi connectivity index (χ1n) is 6.63. The second-order valence-corrected chi connectivity index (χ2v) is 11.0. The van der Waals surface area contributed by atoms with Gasteiger partial charge in [0.15, 0.2) is 8.32 Å². The summed E-state index contributed by atoms with van der Waals surface area (Å²) < 4.78 is 5.95. The molecule has 0 bridgehead atoms. The summed E-state index contributed by atoms with van der Waals surface area (Å²) in [6, 6.07) is 0. The molecule has 0 saturated heterocycles. The van der Waals surface area contributed by atoms with Gasteiger partial charge in [-0.3, -0.25) is 4.79 Å². The van der Waals surface area contributed by atoms with Gasteiger partial charge in [-0.25, -0.2) is 0 Å². The van der Waals surface area contributed by atoms with Crippen molar-refractivity contribution in [1.29, 1.82) is 0 Å².